The molecule has 9 nitrogen and oxygen atoms in total. The van der Waals surface area contributed by atoms with Crippen molar-refractivity contribution in [1.82, 2.24) is 25.3 Å². The zero-order valence-electron chi connectivity index (χ0n) is 20.4. The van der Waals surface area contributed by atoms with E-state index in [1.54, 1.807) is 19.2 Å². The van der Waals surface area contributed by atoms with E-state index in [0.29, 0.717) is 47.3 Å². The van der Waals surface area contributed by atoms with Crippen molar-refractivity contribution in [1.29, 1.82) is 0 Å². The van der Waals surface area contributed by atoms with Crippen LogP contribution >= 0.6 is 11.6 Å². The first-order chi connectivity index (χ1) is 17.9. The van der Waals surface area contributed by atoms with Crippen LogP contribution in [0.15, 0.2) is 47.2 Å². The predicted octanol–water partition coefficient (Wildman–Crippen LogP) is 4.75. The molecule has 1 aliphatic heterocycles. The smallest absolute Gasteiger partial charge is 0.237 e. The van der Waals surface area contributed by atoms with Gasteiger partial charge in [-0.25, -0.2) is 14.4 Å². The Morgan fingerprint density at radius 3 is 2.89 bits per heavy atom. The highest BCUT2D eigenvalue weighted by molar-refractivity contribution is 6.31. The summed E-state index contributed by atoms with van der Waals surface area (Å²) in [7, 11) is 1.61. The zero-order chi connectivity index (χ0) is 25.9. The Morgan fingerprint density at radius 2 is 2.14 bits per heavy atom. The van der Waals surface area contributed by atoms with E-state index in [9.17, 15) is 9.18 Å². The lowest BCUT2D eigenvalue weighted by Gasteiger charge is -2.24. The van der Waals surface area contributed by atoms with Crippen LogP contribution in [0.2, 0.25) is 5.02 Å². The summed E-state index contributed by atoms with van der Waals surface area (Å²) in [6, 6.07) is 9.75. The van der Waals surface area contributed by atoms with Crippen LogP contribution in [-0.2, 0) is 17.9 Å². The number of carbonyl (C=O) groups is 1. The van der Waals surface area contributed by atoms with Crippen molar-refractivity contribution in [2.24, 2.45) is 0 Å². The summed E-state index contributed by atoms with van der Waals surface area (Å²) in [5.41, 5.74) is 2.87. The van der Waals surface area contributed by atoms with Crippen LogP contribution in [-0.4, -0.2) is 45.6 Å². The molecule has 1 amide bonds. The molecule has 2 aromatic carbocycles. The molecule has 4 aromatic rings. The maximum Gasteiger partial charge on any atom is 0.237 e. The van der Waals surface area contributed by atoms with Gasteiger partial charge < -0.3 is 19.9 Å². The Bertz CT molecular complexity index is 1450. The van der Waals surface area contributed by atoms with E-state index in [0.717, 1.165) is 30.3 Å². The van der Waals surface area contributed by atoms with Crippen molar-refractivity contribution in [3.63, 3.8) is 0 Å². The number of fused-ring (bicyclic) bond motifs is 1. The first-order valence-electron chi connectivity index (χ1n) is 11.9. The summed E-state index contributed by atoms with van der Waals surface area (Å²) in [5, 5.41) is 10.9. The minimum absolute atomic E-state index is 0.0164. The number of amides is 1. The number of nitrogens with zero attached hydrogens (tertiary/aromatic N) is 4. The van der Waals surface area contributed by atoms with Crippen LogP contribution < -0.4 is 15.4 Å². The summed E-state index contributed by atoms with van der Waals surface area (Å²) in [4.78, 5) is 23.9. The van der Waals surface area contributed by atoms with Gasteiger partial charge in [0.2, 0.25) is 5.91 Å². The largest absolute Gasteiger partial charge is 0.496 e. The number of nitrogens with one attached hydrogen (secondary N) is 2. The van der Waals surface area contributed by atoms with Crippen LogP contribution in [0.3, 0.4) is 0 Å². The summed E-state index contributed by atoms with van der Waals surface area (Å²) >= 11 is 5.95. The second-order valence-electron chi connectivity index (χ2n) is 8.93. The third-order valence-corrected chi connectivity index (χ3v) is 6.67. The number of hydrogen-bond acceptors (Lipinski definition) is 8. The molecule has 0 saturated carbocycles. The zero-order valence-corrected chi connectivity index (χ0v) is 21.2. The number of carbonyl (C=O) groups excluding carboxylic acids is 1. The van der Waals surface area contributed by atoms with Crippen molar-refractivity contribution < 1.29 is 18.4 Å². The van der Waals surface area contributed by atoms with E-state index in [-0.39, 0.29) is 17.0 Å². The molecular formula is C26H26ClFN6O3. The fraction of sp³-hybridized carbons (Fsp3) is 0.308. The Labute approximate surface area is 218 Å². The van der Waals surface area contributed by atoms with Gasteiger partial charge in [0.25, 0.3) is 0 Å². The standard InChI is InChI=1S/C26H26ClFN6O3/c1-15-8-18(33-37-15)12-29-26(35)23-4-3-7-34(23)13-16-9-19-22(11-24(16)36-2)30-14-31-25(19)32-17-5-6-21(28)20(27)10-17/h5-6,8-11,14,23H,3-4,7,12-13H2,1-2H3,(H,29,35)(H,30,31,32)/t23-/m1/s1. The van der Waals surface area contributed by atoms with Crippen molar-refractivity contribution in [3.05, 3.63) is 70.6 Å². The molecule has 37 heavy (non-hydrogen) atoms. The van der Waals surface area contributed by atoms with E-state index in [4.69, 9.17) is 20.9 Å². The number of hydrogen-bond donors (Lipinski definition) is 2. The molecule has 2 aromatic heterocycles. The van der Waals surface area contributed by atoms with E-state index in [1.165, 1.54) is 18.5 Å². The van der Waals surface area contributed by atoms with Crippen LogP contribution in [0.1, 0.15) is 29.9 Å². The number of aryl methyl sites for hydroxylation is 1. The fourth-order valence-corrected chi connectivity index (χ4v) is 4.76. The average molecular weight is 525 g/mol. The lowest BCUT2D eigenvalue weighted by molar-refractivity contribution is -0.125. The molecule has 0 radical (unpaired) electrons. The molecular weight excluding hydrogens is 499 g/mol. The molecule has 1 aliphatic rings. The lowest BCUT2D eigenvalue weighted by Crippen LogP contribution is -2.42. The fourth-order valence-electron chi connectivity index (χ4n) is 4.58. The number of ether oxygens (including phenoxy) is 1. The molecule has 192 valence electrons. The number of rotatable bonds is 8. The van der Waals surface area contributed by atoms with Gasteiger partial charge in [0.15, 0.2) is 0 Å². The van der Waals surface area contributed by atoms with Gasteiger partial charge in [-0.3, -0.25) is 9.69 Å². The molecule has 1 fully saturated rings. The van der Waals surface area contributed by atoms with Gasteiger partial charge >= 0.3 is 0 Å². The second kappa shape index (κ2) is 10.7. The maximum absolute atomic E-state index is 13.6. The molecule has 11 heteroatoms. The summed E-state index contributed by atoms with van der Waals surface area (Å²) in [6.07, 6.45) is 3.13. The number of methoxy groups -OCH3 is 1. The van der Waals surface area contributed by atoms with Crippen LogP contribution in [0, 0.1) is 12.7 Å². The van der Waals surface area contributed by atoms with E-state index in [2.05, 4.69) is 30.7 Å². The number of likely N-dealkylation sites (tertiary alicyclic amines) is 1. The van der Waals surface area contributed by atoms with Gasteiger partial charge in [-0.1, -0.05) is 16.8 Å². The van der Waals surface area contributed by atoms with Crippen molar-refractivity contribution in [3.8, 4) is 5.75 Å². The molecule has 0 unspecified atom stereocenters. The third kappa shape index (κ3) is 5.50. The minimum atomic E-state index is -0.493. The van der Waals surface area contributed by atoms with Crippen LogP contribution in [0.25, 0.3) is 10.9 Å². The third-order valence-electron chi connectivity index (χ3n) is 6.38. The van der Waals surface area contributed by atoms with Crippen molar-refractivity contribution in [2.45, 2.75) is 38.9 Å². The molecule has 1 atom stereocenters. The highest BCUT2D eigenvalue weighted by atomic mass is 35.5. The highest BCUT2D eigenvalue weighted by Gasteiger charge is 2.31. The van der Waals surface area contributed by atoms with Gasteiger partial charge in [0.05, 0.1) is 30.2 Å². The first kappa shape index (κ1) is 24.9. The number of anilines is 2. The van der Waals surface area contributed by atoms with Gasteiger partial charge in [-0.2, -0.15) is 0 Å². The Balaban J connectivity index is 1.38. The SMILES string of the molecule is COc1cc2ncnc(Nc3ccc(F)c(Cl)c3)c2cc1CN1CCC[C@@H]1C(=O)NCc1cc(C)on1. The second-order valence-corrected chi connectivity index (χ2v) is 9.34. The van der Waals surface area contributed by atoms with E-state index >= 15 is 0 Å². The number of aromatic nitrogens is 3. The topological polar surface area (TPSA) is 105 Å². The maximum atomic E-state index is 13.6. The highest BCUT2D eigenvalue weighted by Crippen LogP contribution is 2.32. The Hall–Kier alpha value is -3.76. The molecule has 2 N–H and O–H groups in total. The summed E-state index contributed by atoms with van der Waals surface area (Å²) < 4.78 is 24.4. The van der Waals surface area contributed by atoms with Crippen LogP contribution in [0.5, 0.6) is 5.75 Å². The average Bonchev–Trinajstić information content (AvgIpc) is 3.53. The lowest BCUT2D eigenvalue weighted by atomic mass is 10.1. The Kier molecular flexibility index (Phi) is 7.20. The van der Waals surface area contributed by atoms with Gasteiger partial charge in [0, 0.05) is 35.3 Å². The Morgan fingerprint density at radius 1 is 1.27 bits per heavy atom. The molecule has 0 spiro atoms. The predicted molar refractivity (Wildman–Crippen MR) is 137 cm³/mol. The quantitative estimate of drug-likeness (QED) is 0.340. The van der Waals surface area contributed by atoms with Crippen LogP contribution in [0.4, 0.5) is 15.9 Å². The van der Waals surface area contributed by atoms with Crippen molar-refractivity contribution in [2.75, 3.05) is 19.0 Å². The molecule has 0 bridgehead atoms. The van der Waals surface area contributed by atoms with Gasteiger partial charge in [0.1, 0.15) is 35.2 Å². The van der Waals surface area contributed by atoms with E-state index in [1.807, 2.05) is 19.1 Å². The summed E-state index contributed by atoms with van der Waals surface area (Å²) in [6.45, 7) is 3.43. The normalized spacial score (nSPS) is 15.7. The number of halogens is 2. The molecule has 0 aliphatic carbocycles. The van der Waals surface area contributed by atoms with Gasteiger partial charge in [-0.05, 0) is 50.6 Å². The first-order valence-corrected chi connectivity index (χ1v) is 12.3. The van der Waals surface area contributed by atoms with E-state index < -0.39 is 5.82 Å². The number of benzene rings is 2. The molecule has 1 saturated heterocycles. The monoisotopic (exact) mass is 524 g/mol. The van der Waals surface area contributed by atoms with Crippen molar-refractivity contribution >= 4 is 39.9 Å². The molecule has 5 rings (SSSR count). The summed E-state index contributed by atoms with van der Waals surface area (Å²) in [5.74, 6) is 1.39. The van der Waals surface area contributed by atoms with Gasteiger partial charge in [-0.15, -0.1) is 0 Å². The molecule has 3 heterocycles. The minimum Gasteiger partial charge on any atom is -0.496 e.